The summed E-state index contributed by atoms with van der Waals surface area (Å²) in [5.74, 6) is -1.41. The van der Waals surface area contributed by atoms with Gasteiger partial charge in [0.2, 0.25) is 5.91 Å². The number of imidazole rings is 1. The third-order valence-electron chi connectivity index (χ3n) is 3.49. The molecule has 3 aromatic rings. The van der Waals surface area contributed by atoms with E-state index in [9.17, 15) is 9.59 Å². The molecule has 1 aromatic heterocycles. The molecule has 0 saturated carbocycles. The van der Waals surface area contributed by atoms with Crippen LogP contribution in [0.15, 0.2) is 47.6 Å². The van der Waals surface area contributed by atoms with Crippen LogP contribution in [0.2, 0.25) is 5.02 Å². The van der Waals surface area contributed by atoms with Gasteiger partial charge < -0.3 is 15.4 Å². The fourth-order valence-electron chi connectivity index (χ4n) is 2.22. The van der Waals surface area contributed by atoms with Crippen molar-refractivity contribution in [2.75, 3.05) is 5.32 Å². The minimum Gasteiger partial charge on any atom is -0.478 e. The number of anilines is 1. The maximum Gasteiger partial charge on any atom is 0.337 e. The fourth-order valence-corrected chi connectivity index (χ4v) is 3.24. The lowest BCUT2D eigenvalue weighted by Gasteiger charge is -2.11. The van der Waals surface area contributed by atoms with Crippen LogP contribution >= 0.6 is 23.4 Å². The van der Waals surface area contributed by atoms with Gasteiger partial charge >= 0.3 is 5.97 Å². The minimum absolute atomic E-state index is 0.0583. The number of carbonyl (C=O) groups excluding carboxylic acids is 1. The number of amides is 1. The van der Waals surface area contributed by atoms with E-state index in [0.29, 0.717) is 10.8 Å². The zero-order valence-electron chi connectivity index (χ0n) is 13.1. The first-order valence-corrected chi connectivity index (χ1v) is 8.65. The summed E-state index contributed by atoms with van der Waals surface area (Å²) in [7, 11) is 0. The summed E-state index contributed by atoms with van der Waals surface area (Å²) in [5.41, 5.74) is 2.06. The Hall–Kier alpha value is -2.51. The van der Waals surface area contributed by atoms with Gasteiger partial charge in [-0.05, 0) is 37.3 Å². The van der Waals surface area contributed by atoms with Crippen molar-refractivity contribution >= 4 is 52.0 Å². The molecular weight excluding hydrogens is 362 g/mol. The smallest absolute Gasteiger partial charge is 0.337 e. The summed E-state index contributed by atoms with van der Waals surface area (Å²) >= 11 is 7.12. The van der Waals surface area contributed by atoms with E-state index in [0.717, 1.165) is 11.0 Å². The number of rotatable bonds is 5. The van der Waals surface area contributed by atoms with E-state index >= 15 is 0 Å². The van der Waals surface area contributed by atoms with Crippen LogP contribution in [0.25, 0.3) is 11.0 Å². The minimum atomic E-state index is -1.15. The molecule has 6 nitrogen and oxygen atoms in total. The first-order chi connectivity index (χ1) is 11.9. The molecule has 0 aliphatic heterocycles. The van der Waals surface area contributed by atoms with Crippen LogP contribution in [0.1, 0.15) is 17.3 Å². The van der Waals surface area contributed by atoms with Gasteiger partial charge in [-0.3, -0.25) is 4.79 Å². The first kappa shape index (κ1) is 17.3. The highest BCUT2D eigenvalue weighted by Gasteiger charge is 2.18. The third-order valence-corrected chi connectivity index (χ3v) is 4.80. The highest BCUT2D eigenvalue weighted by molar-refractivity contribution is 8.00. The lowest BCUT2D eigenvalue weighted by atomic mass is 10.2. The van der Waals surface area contributed by atoms with E-state index in [1.807, 2.05) is 24.3 Å². The van der Waals surface area contributed by atoms with Gasteiger partial charge in [0.1, 0.15) is 0 Å². The van der Waals surface area contributed by atoms with Crippen molar-refractivity contribution in [1.82, 2.24) is 9.97 Å². The van der Waals surface area contributed by atoms with Crippen LogP contribution in [0, 0.1) is 0 Å². The molecule has 0 saturated heterocycles. The highest BCUT2D eigenvalue weighted by atomic mass is 35.5. The monoisotopic (exact) mass is 375 g/mol. The maximum absolute atomic E-state index is 12.3. The molecular formula is C17H14ClN3O3S. The number of aromatic amines is 1. The van der Waals surface area contributed by atoms with E-state index in [4.69, 9.17) is 16.7 Å². The molecule has 3 rings (SSSR count). The Balaban J connectivity index is 1.70. The molecule has 0 aliphatic carbocycles. The van der Waals surface area contributed by atoms with Crippen LogP contribution in [-0.2, 0) is 4.79 Å². The van der Waals surface area contributed by atoms with E-state index in [1.54, 1.807) is 13.0 Å². The summed E-state index contributed by atoms with van der Waals surface area (Å²) in [5, 5.41) is 12.1. The summed E-state index contributed by atoms with van der Waals surface area (Å²) in [4.78, 5) is 31.0. The molecule has 0 fully saturated rings. The second-order valence-electron chi connectivity index (χ2n) is 5.31. The van der Waals surface area contributed by atoms with E-state index in [2.05, 4.69) is 15.3 Å². The van der Waals surface area contributed by atoms with E-state index in [-0.39, 0.29) is 16.5 Å². The lowest BCUT2D eigenvalue weighted by Crippen LogP contribution is -2.22. The van der Waals surface area contributed by atoms with Crippen LogP contribution in [0.4, 0.5) is 5.69 Å². The van der Waals surface area contributed by atoms with Crippen molar-refractivity contribution in [2.24, 2.45) is 0 Å². The number of nitrogens with zero attached hydrogens (tertiary/aromatic N) is 1. The van der Waals surface area contributed by atoms with Gasteiger partial charge in [0, 0.05) is 5.69 Å². The van der Waals surface area contributed by atoms with Crippen LogP contribution in [0.3, 0.4) is 0 Å². The number of thioether (sulfide) groups is 1. The van der Waals surface area contributed by atoms with E-state index < -0.39 is 11.2 Å². The standard InChI is InChI=1S/C17H14ClN3O3S/c1-9(25-17-20-13-4-2-3-5-14(13)21-17)15(22)19-10-6-7-12(18)11(8-10)16(23)24/h2-9H,1H3,(H,19,22)(H,20,21)(H,23,24). The molecule has 0 bridgehead atoms. The fraction of sp³-hybridized carbons (Fsp3) is 0.118. The molecule has 8 heteroatoms. The predicted octanol–water partition coefficient (Wildman–Crippen LogP) is 4.03. The normalized spacial score (nSPS) is 12.1. The largest absolute Gasteiger partial charge is 0.478 e. The van der Waals surface area contributed by atoms with Gasteiger partial charge in [-0.1, -0.05) is 35.5 Å². The Morgan fingerprint density at radius 1 is 1.28 bits per heavy atom. The summed E-state index contributed by atoms with van der Waals surface area (Å²) < 4.78 is 0. The number of carboxylic acids is 1. The molecule has 0 radical (unpaired) electrons. The summed E-state index contributed by atoms with van der Waals surface area (Å²) in [6, 6.07) is 11.9. The second-order valence-corrected chi connectivity index (χ2v) is 7.04. The van der Waals surface area contributed by atoms with Crippen molar-refractivity contribution < 1.29 is 14.7 Å². The van der Waals surface area contributed by atoms with Crippen LogP contribution in [0.5, 0.6) is 0 Å². The lowest BCUT2D eigenvalue weighted by molar-refractivity contribution is -0.115. The van der Waals surface area contributed by atoms with E-state index in [1.165, 1.54) is 23.9 Å². The van der Waals surface area contributed by atoms with Gasteiger partial charge in [-0.15, -0.1) is 0 Å². The number of para-hydroxylation sites is 2. The average Bonchev–Trinajstić information content (AvgIpc) is 2.98. The topological polar surface area (TPSA) is 95.1 Å². The number of fused-ring (bicyclic) bond motifs is 1. The number of hydrogen-bond acceptors (Lipinski definition) is 4. The number of carbonyl (C=O) groups is 2. The number of aromatic carboxylic acids is 1. The second kappa shape index (κ2) is 7.16. The predicted molar refractivity (Wildman–Crippen MR) is 98.5 cm³/mol. The van der Waals surface area contributed by atoms with Gasteiger partial charge in [-0.2, -0.15) is 0 Å². The summed E-state index contributed by atoms with van der Waals surface area (Å²) in [6.45, 7) is 1.75. The Kier molecular flexibility index (Phi) is 4.96. The van der Waals surface area contributed by atoms with Crippen molar-refractivity contribution in [3.8, 4) is 0 Å². The van der Waals surface area contributed by atoms with Crippen LogP contribution < -0.4 is 5.32 Å². The zero-order chi connectivity index (χ0) is 18.0. The number of aromatic nitrogens is 2. The zero-order valence-corrected chi connectivity index (χ0v) is 14.7. The van der Waals surface area contributed by atoms with Crippen molar-refractivity contribution in [2.45, 2.75) is 17.3 Å². The molecule has 0 spiro atoms. The van der Waals surface area contributed by atoms with Crippen molar-refractivity contribution in [3.05, 3.63) is 53.1 Å². The Morgan fingerprint density at radius 2 is 2.04 bits per heavy atom. The molecule has 1 heterocycles. The molecule has 1 atom stereocenters. The summed E-state index contributed by atoms with van der Waals surface area (Å²) in [6.07, 6.45) is 0. The average molecular weight is 376 g/mol. The van der Waals surface area contributed by atoms with Crippen molar-refractivity contribution in [1.29, 1.82) is 0 Å². The molecule has 2 aromatic carbocycles. The van der Waals surface area contributed by atoms with Gasteiger partial charge in [0.05, 0.1) is 26.9 Å². The van der Waals surface area contributed by atoms with Crippen molar-refractivity contribution in [3.63, 3.8) is 0 Å². The SMILES string of the molecule is CC(Sc1nc2ccccc2[nH]1)C(=O)Nc1ccc(Cl)c(C(=O)O)c1. The quantitative estimate of drug-likeness (QED) is 0.585. The number of halogens is 1. The number of carboxylic acid groups (broad SMARTS) is 1. The first-order valence-electron chi connectivity index (χ1n) is 7.39. The number of H-pyrrole nitrogens is 1. The Labute approximate surface area is 152 Å². The van der Waals surface area contributed by atoms with Crippen LogP contribution in [-0.4, -0.2) is 32.2 Å². The number of nitrogens with one attached hydrogen (secondary N) is 2. The number of benzene rings is 2. The van der Waals surface area contributed by atoms with Gasteiger partial charge in [0.15, 0.2) is 5.16 Å². The molecule has 0 aliphatic rings. The Morgan fingerprint density at radius 3 is 2.76 bits per heavy atom. The molecule has 128 valence electrons. The number of hydrogen-bond donors (Lipinski definition) is 3. The molecule has 25 heavy (non-hydrogen) atoms. The molecule has 1 unspecified atom stereocenters. The maximum atomic E-state index is 12.3. The van der Waals surface area contributed by atoms with Gasteiger partial charge in [-0.25, -0.2) is 9.78 Å². The molecule has 3 N–H and O–H groups in total. The molecule has 1 amide bonds. The Bertz CT molecular complexity index is 924. The van der Waals surface area contributed by atoms with Gasteiger partial charge in [0.25, 0.3) is 0 Å². The third kappa shape index (κ3) is 3.94. The highest BCUT2D eigenvalue weighted by Crippen LogP contribution is 2.25.